The number of aliphatic hydroxyl groups excluding tert-OH is 1. The molecule has 0 amide bonds. The van der Waals surface area contributed by atoms with Crippen molar-refractivity contribution in [1.82, 2.24) is 0 Å². The molecule has 3 heteroatoms. The van der Waals surface area contributed by atoms with Crippen LogP contribution in [0.25, 0.3) is 0 Å². The van der Waals surface area contributed by atoms with Crippen LogP contribution in [0.1, 0.15) is 6.92 Å². The van der Waals surface area contributed by atoms with Crippen molar-refractivity contribution in [1.29, 1.82) is 0 Å². The van der Waals surface area contributed by atoms with E-state index in [4.69, 9.17) is 16.7 Å². The minimum absolute atomic E-state index is 0.318. The van der Waals surface area contributed by atoms with Crippen LogP contribution in [0.2, 0.25) is 0 Å². The number of rotatable bonds is 4. The Labute approximate surface area is 59.4 Å². The Morgan fingerprint density at radius 3 is 2.75 bits per heavy atom. The highest BCUT2D eigenvalue weighted by molar-refractivity contribution is 7.99. The van der Waals surface area contributed by atoms with Gasteiger partial charge in [-0.05, 0) is 5.75 Å². The lowest BCUT2D eigenvalue weighted by Gasteiger charge is -2.02. The minimum atomic E-state index is -0.318. The fourth-order valence-corrected chi connectivity index (χ4v) is 1.16. The van der Waals surface area contributed by atoms with Gasteiger partial charge in [-0.25, -0.2) is 0 Å². The Kier molecular flexibility index (Phi) is 6.16. The van der Waals surface area contributed by atoms with E-state index in [1.54, 1.807) is 11.8 Å². The quantitative estimate of drug-likeness (QED) is 0.617. The van der Waals surface area contributed by atoms with Crippen LogP contribution in [0.15, 0.2) is 0 Å². The molecule has 0 aliphatic heterocycles. The molecule has 1 nitrogen and oxygen atoms in total. The Hall–Kier alpha value is 0.600. The van der Waals surface area contributed by atoms with Gasteiger partial charge in [-0.2, -0.15) is 11.8 Å². The number of aliphatic hydroxyl groups is 1. The second-order valence-corrected chi connectivity index (χ2v) is 3.10. The molecule has 0 unspecified atom stereocenters. The highest BCUT2D eigenvalue weighted by atomic mass is 35.5. The molecule has 0 aliphatic carbocycles. The molecule has 1 N–H and O–H groups in total. The highest BCUT2D eigenvalue weighted by Crippen LogP contribution is 2.02. The van der Waals surface area contributed by atoms with Gasteiger partial charge in [0.25, 0.3) is 0 Å². The maximum atomic E-state index is 8.84. The number of hydrogen-bond donors (Lipinski definition) is 1. The largest absolute Gasteiger partial charge is 0.391 e. The van der Waals surface area contributed by atoms with Gasteiger partial charge >= 0.3 is 0 Å². The molecule has 0 aliphatic rings. The average molecular weight is 155 g/mol. The van der Waals surface area contributed by atoms with E-state index in [-0.39, 0.29) is 6.10 Å². The van der Waals surface area contributed by atoms with E-state index in [0.29, 0.717) is 5.88 Å². The topological polar surface area (TPSA) is 20.2 Å². The third kappa shape index (κ3) is 4.75. The van der Waals surface area contributed by atoms with Gasteiger partial charge < -0.3 is 5.11 Å². The van der Waals surface area contributed by atoms with E-state index in [1.165, 1.54) is 0 Å². The molecular formula is C5H11ClOS. The molecule has 0 spiro atoms. The second-order valence-electron chi connectivity index (χ2n) is 1.47. The van der Waals surface area contributed by atoms with Crippen molar-refractivity contribution in [3.63, 3.8) is 0 Å². The molecule has 0 saturated heterocycles. The molecule has 0 rings (SSSR count). The molecule has 0 fully saturated rings. The van der Waals surface area contributed by atoms with Crippen molar-refractivity contribution in [3.8, 4) is 0 Å². The molecule has 0 radical (unpaired) electrons. The first-order valence-corrected chi connectivity index (χ1v) is 4.32. The predicted molar refractivity (Wildman–Crippen MR) is 39.7 cm³/mol. The van der Waals surface area contributed by atoms with Crippen molar-refractivity contribution in [3.05, 3.63) is 0 Å². The summed E-state index contributed by atoms with van der Waals surface area (Å²) in [6.45, 7) is 2.06. The SMILES string of the molecule is CCSC[C@H](O)CCl. The highest BCUT2D eigenvalue weighted by Gasteiger charge is 1.98. The minimum Gasteiger partial charge on any atom is -0.391 e. The molecular weight excluding hydrogens is 144 g/mol. The van der Waals surface area contributed by atoms with Gasteiger partial charge in [-0.3, -0.25) is 0 Å². The summed E-state index contributed by atoms with van der Waals surface area (Å²) >= 11 is 7.03. The fraction of sp³-hybridized carbons (Fsp3) is 1.00. The number of hydrogen-bond acceptors (Lipinski definition) is 2. The molecule has 0 heterocycles. The third-order valence-corrected chi connectivity index (χ3v) is 2.08. The maximum absolute atomic E-state index is 8.84. The van der Waals surface area contributed by atoms with Crippen molar-refractivity contribution in [2.75, 3.05) is 17.4 Å². The lowest BCUT2D eigenvalue weighted by Crippen LogP contribution is -2.11. The standard InChI is InChI=1S/C5H11ClOS/c1-2-8-4-5(7)3-6/h5,7H,2-4H2,1H3/t5-/m1/s1. The smallest absolute Gasteiger partial charge is 0.0765 e. The van der Waals surface area contributed by atoms with E-state index in [9.17, 15) is 0 Å². The molecule has 0 saturated carbocycles. The normalized spacial score (nSPS) is 13.9. The van der Waals surface area contributed by atoms with Gasteiger partial charge in [0.15, 0.2) is 0 Å². The molecule has 50 valence electrons. The van der Waals surface area contributed by atoms with Crippen LogP contribution < -0.4 is 0 Å². The predicted octanol–water partition coefficient (Wildman–Crippen LogP) is 1.34. The van der Waals surface area contributed by atoms with Gasteiger partial charge in [0.05, 0.1) is 6.10 Å². The van der Waals surface area contributed by atoms with Gasteiger partial charge in [0, 0.05) is 11.6 Å². The lowest BCUT2D eigenvalue weighted by molar-refractivity contribution is 0.223. The first-order valence-electron chi connectivity index (χ1n) is 2.63. The molecule has 0 aromatic heterocycles. The molecule has 0 bridgehead atoms. The monoisotopic (exact) mass is 154 g/mol. The van der Waals surface area contributed by atoms with Crippen LogP contribution in [0.3, 0.4) is 0 Å². The van der Waals surface area contributed by atoms with Crippen molar-refractivity contribution < 1.29 is 5.11 Å². The zero-order valence-electron chi connectivity index (χ0n) is 4.93. The summed E-state index contributed by atoms with van der Waals surface area (Å²) in [4.78, 5) is 0. The number of alkyl halides is 1. The Bertz CT molecular complexity index is 51.7. The number of thioether (sulfide) groups is 1. The van der Waals surface area contributed by atoms with Gasteiger partial charge in [-0.15, -0.1) is 11.6 Å². The first kappa shape index (κ1) is 8.60. The number of halogens is 1. The van der Waals surface area contributed by atoms with E-state index in [1.807, 2.05) is 0 Å². The van der Waals surface area contributed by atoms with E-state index >= 15 is 0 Å². The molecule has 0 aromatic carbocycles. The van der Waals surface area contributed by atoms with Crippen molar-refractivity contribution in [2.45, 2.75) is 13.0 Å². The maximum Gasteiger partial charge on any atom is 0.0765 e. The lowest BCUT2D eigenvalue weighted by atomic mass is 10.5. The zero-order valence-corrected chi connectivity index (χ0v) is 6.50. The van der Waals surface area contributed by atoms with Gasteiger partial charge in [0.2, 0.25) is 0 Å². The average Bonchev–Trinajstić information content (AvgIpc) is 1.83. The van der Waals surface area contributed by atoms with Crippen LogP contribution in [0.5, 0.6) is 0 Å². The Morgan fingerprint density at radius 1 is 1.75 bits per heavy atom. The van der Waals surface area contributed by atoms with Crippen molar-refractivity contribution in [2.24, 2.45) is 0 Å². The van der Waals surface area contributed by atoms with Crippen LogP contribution in [0.4, 0.5) is 0 Å². The summed E-state index contributed by atoms with van der Waals surface area (Å²) in [7, 11) is 0. The van der Waals surface area contributed by atoms with Crippen LogP contribution in [-0.4, -0.2) is 28.6 Å². The van der Waals surface area contributed by atoms with E-state index < -0.39 is 0 Å². The fourth-order valence-electron chi connectivity index (χ4n) is 0.298. The van der Waals surface area contributed by atoms with E-state index in [2.05, 4.69) is 6.92 Å². The summed E-state index contributed by atoms with van der Waals surface area (Å²) in [6, 6.07) is 0. The van der Waals surface area contributed by atoms with Crippen LogP contribution in [-0.2, 0) is 0 Å². The first-order chi connectivity index (χ1) is 3.81. The van der Waals surface area contributed by atoms with Crippen LogP contribution >= 0.6 is 23.4 Å². The van der Waals surface area contributed by atoms with E-state index in [0.717, 1.165) is 11.5 Å². The Morgan fingerprint density at radius 2 is 2.38 bits per heavy atom. The van der Waals surface area contributed by atoms with Crippen LogP contribution in [0, 0.1) is 0 Å². The van der Waals surface area contributed by atoms with Gasteiger partial charge in [-0.1, -0.05) is 6.92 Å². The third-order valence-electron chi connectivity index (χ3n) is 0.692. The summed E-state index contributed by atoms with van der Waals surface area (Å²) < 4.78 is 0. The zero-order chi connectivity index (χ0) is 6.41. The van der Waals surface area contributed by atoms with Gasteiger partial charge in [0.1, 0.15) is 0 Å². The summed E-state index contributed by atoms with van der Waals surface area (Å²) in [5, 5.41) is 8.84. The summed E-state index contributed by atoms with van der Waals surface area (Å²) in [5.74, 6) is 2.17. The molecule has 8 heavy (non-hydrogen) atoms. The second kappa shape index (κ2) is 5.73. The molecule has 0 aromatic rings. The van der Waals surface area contributed by atoms with Crippen molar-refractivity contribution >= 4 is 23.4 Å². The summed E-state index contributed by atoms with van der Waals surface area (Å²) in [5.41, 5.74) is 0. The Balaban J connectivity index is 2.86. The summed E-state index contributed by atoms with van der Waals surface area (Å²) in [6.07, 6.45) is -0.318. The molecule has 1 atom stereocenters.